The second-order valence-corrected chi connectivity index (χ2v) is 27.9. The minimum Gasteiger partial charge on any atom is -0.511 e. The van der Waals surface area contributed by atoms with Gasteiger partial charge in [0, 0.05) is 35.1 Å². The quantitative estimate of drug-likeness (QED) is 0.110. The minimum atomic E-state index is -2.31. The highest BCUT2D eigenvalue weighted by Gasteiger charge is 2.79. The third-order valence-corrected chi connectivity index (χ3v) is 24.3. The average Bonchev–Trinajstić information content (AvgIpc) is 4.21. The standard InChI is InChI=1S/C59H68N2O11S2/c62-24-33-6-3-5-32(13-33)14-34-15-42-47(66)39-7-4-8-43-46(39)49(67)58(42,44(65)16-34)30-73-74-31-61-45-19-41-40(23-60-45)35-17-36-20-56(29-64)52(69)59(70,50(68)51(71-43)72-56)48(36)57(41)28-55(22-37(57)18-35)27-54(21-38(55)25-63)12-11-53(26-54)9-1-2-10-53/h3-8,13,15-16,19,25,35-38,42,48,50-52,60-62,64-65,68-70H,1-2,9-12,14,17-18,20-24,26-31H2/t35-,36+,37+,38+,42-,48+,50+,51-,52-,54+,55-,56-,57+,58+,59-/m1/s1. The topological polar surface area (TPSA) is 215 Å². The Morgan fingerprint density at radius 2 is 1.69 bits per heavy atom. The molecule has 0 amide bonds. The van der Waals surface area contributed by atoms with Crippen LogP contribution in [0.4, 0.5) is 0 Å². The first-order valence-corrected chi connectivity index (χ1v) is 29.9. The number of nitrogens with one attached hydrogen (secondary N) is 2. The van der Waals surface area contributed by atoms with Gasteiger partial charge in [-0.2, -0.15) is 0 Å². The van der Waals surface area contributed by atoms with E-state index < -0.39 is 70.5 Å². The molecule has 15 heteroatoms. The molecule has 2 aromatic carbocycles. The van der Waals surface area contributed by atoms with Crippen molar-refractivity contribution in [2.45, 2.75) is 133 Å². The molecule has 3 heterocycles. The van der Waals surface area contributed by atoms with Crippen LogP contribution in [0.1, 0.15) is 122 Å². The number of dihydropyridines is 1. The number of aliphatic hydroxyl groups excluding tert-OH is 5. The fraction of sp³-hybridized carbons (Fsp3) is 0.610. The number of hydrogen-bond acceptors (Lipinski definition) is 15. The lowest BCUT2D eigenvalue weighted by Gasteiger charge is -2.65. The number of benzene rings is 2. The smallest absolute Gasteiger partial charge is 0.229 e. The van der Waals surface area contributed by atoms with Gasteiger partial charge in [0.2, 0.25) is 6.29 Å². The Labute approximate surface area is 439 Å². The van der Waals surface area contributed by atoms with E-state index in [1.807, 2.05) is 24.3 Å². The van der Waals surface area contributed by atoms with Crippen molar-refractivity contribution in [1.82, 2.24) is 10.6 Å². The predicted octanol–water partition coefficient (Wildman–Crippen LogP) is 7.17. The van der Waals surface area contributed by atoms with Crippen LogP contribution in [0.5, 0.6) is 5.75 Å². The zero-order chi connectivity index (χ0) is 50.8. The number of fused-ring (bicyclic) bond motifs is 2. The summed E-state index contributed by atoms with van der Waals surface area (Å²) in [7, 11) is 2.87. The molecule has 0 aromatic heterocycles. The van der Waals surface area contributed by atoms with Gasteiger partial charge in [-0.25, -0.2) is 0 Å². The molecule has 13 nitrogen and oxygen atoms in total. The number of rotatable bonds is 5. The monoisotopic (exact) mass is 1040 g/mol. The lowest BCUT2D eigenvalue weighted by molar-refractivity contribution is -0.392. The van der Waals surface area contributed by atoms with Crippen LogP contribution >= 0.6 is 21.6 Å². The fourth-order valence-electron chi connectivity index (χ4n) is 19.5. The minimum absolute atomic E-state index is 0.0243. The number of ketones is 2. The Balaban J connectivity index is 0.897. The molecule has 0 radical (unpaired) electrons. The maximum atomic E-state index is 15.6. The number of carbonyl (C=O) groups is 3. The molecule has 1 saturated heterocycles. The third kappa shape index (κ3) is 6.50. The number of ether oxygens (including phenoxy) is 2. The van der Waals surface area contributed by atoms with E-state index in [9.17, 15) is 35.4 Å². The normalized spacial score (nSPS) is 44.1. The first kappa shape index (κ1) is 48.4. The Hall–Kier alpha value is -3.93. The molecule has 0 unspecified atom stereocenters. The summed E-state index contributed by atoms with van der Waals surface area (Å²) in [5.74, 6) is -2.18. The molecule has 3 aliphatic heterocycles. The van der Waals surface area contributed by atoms with Crippen molar-refractivity contribution in [3.05, 3.63) is 111 Å². The molecule has 15 atom stereocenters. The molecule has 392 valence electrons. The van der Waals surface area contributed by atoms with E-state index in [0.29, 0.717) is 42.7 Å². The summed E-state index contributed by atoms with van der Waals surface area (Å²) in [6.45, 7) is -0.254. The summed E-state index contributed by atoms with van der Waals surface area (Å²) in [6.07, 6.45) is 15.4. The fourth-order valence-corrected chi connectivity index (χ4v) is 21.7. The van der Waals surface area contributed by atoms with E-state index in [4.69, 9.17) is 9.47 Å². The van der Waals surface area contributed by atoms with Gasteiger partial charge in [0.1, 0.15) is 46.6 Å². The SMILES string of the molecule is O=C[C@@H]1C[C@]2(CCC3(CCCC3)C2)C[C@@]12C[C@@H]1C[C@H]3C[C@H]4C[C@]5(CO)O[C@H]6Oc7cccc8c7C(=O)[C@]7(CSSCNC9=CC(=C3CN9)[C@@]1(C2)[C@H]4[C@](O)([C@@H]5O)[C@H]6O)C(O)=CC(Cc1cccc(CO)c1)=C[C@@H]7C8=O. The van der Waals surface area contributed by atoms with Gasteiger partial charge < -0.3 is 55.5 Å². The van der Waals surface area contributed by atoms with Crippen molar-refractivity contribution in [3.63, 3.8) is 0 Å². The van der Waals surface area contributed by atoms with Crippen molar-refractivity contribution in [3.8, 4) is 5.75 Å². The maximum absolute atomic E-state index is 15.6. The summed E-state index contributed by atoms with van der Waals surface area (Å²) in [4.78, 5) is 44.5. The Kier molecular flexibility index (Phi) is 11.0. The van der Waals surface area contributed by atoms with Crippen LogP contribution in [0.25, 0.3) is 0 Å². The molecule has 74 heavy (non-hydrogen) atoms. The van der Waals surface area contributed by atoms with Crippen LogP contribution < -0.4 is 15.4 Å². The molecule has 7 fully saturated rings. The highest BCUT2D eigenvalue weighted by molar-refractivity contribution is 8.76. The molecule has 8 N–H and O–H groups in total. The number of allylic oxidation sites excluding steroid dienone is 6. The van der Waals surface area contributed by atoms with Gasteiger partial charge in [0.25, 0.3) is 0 Å². The molecular weight excluding hydrogens is 977 g/mol. The van der Waals surface area contributed by atoms with E-state index in [2.05, 4.69) is 16.7 Å². The first-order valence-electron chi connectivity index (χ1n) is 27.4. The first-order chi connectivity index (χ1) is 35.7. The van der Waals surface area contributed by atoms with Gasteiger partial charge in [-0.15, -0.1) is 0 Å². The number of carbonyl (C=O) groups excluding carboxylic acids is 3. The van der Waals surface area contributed by atoms with Crippen molar-refractivity contribution in [1.29, 1.82) is 0 Å². The van der Waals surface area contributed by atoms with Crippen LogP contribution in [0.15, 0.2) is 89.0 Å². The van der Waals surface area contributed by atoms with Crippen molar-refractivity contribution >= 4 is 39.4 Å². The molecule has 6 saturated carbocycles. The number of aliphatic hydroxyl groups is 6. The molecule has 13 aliphatic rings. The van der Waals surface area contributed by atoms with Gasteiger partial charge in [-0.3, -0.25) is 9.59 Å². The lowest BCUT2D eigenvalue weighted by atomic mass is 9.46. The predicted molar refractivity (Wildman–Crippen MR) is 277 cm³/mol. The molecular formula is C59H68N2O11S2. The zero-order valence-electron chi connectivity index (χ0n) is 41.7. The van der Waals surface area contributed by atoms with Gasteiger partial charge >= 0.3 is 0 Å². The average molecular weight is 1050 g/mol. The second-order valence-electron chi connectivity index (χ2n) is 25.5. The van der Waals surface area contributed by atoms with Gasteiger partial charge in [-0.05, 0) is 164 Å². The van der Waals surface area contributed by atoms with Crippen LogP contribution in [-0.4, -0.2) is 103 Å². The van der Waals surface area contributed by atoms with Crippen LogP contribution in [0.2, 0.25) is 0 Å². The largest absolute Gasteiger partial charge is 0.511 e. The molecule has 2 aromatic rings. The Morgan fingerprint density at radius 1 is 0.878 bits per heavy atom. The Morgan fingerprint density at radius 3 is 2.50 bits per heavy atom. The number of hydrogen-bond donors (Lipinski definition) is 8. The summed E-state index contributed by atoms with van der Waals surface area (Å²) < 4.78 is 13.5. The number of Topliss-reactive ketones (excluding diaryl/α,β-unsaturated/α-hetero) is 2. The van der Waals surface area contributed by atoms with Crippen molar-refractivity contribution in [2.75, 3.05) is 24.8 Å². The van der Waals surface area contributed by atoms with E-state index in [1.165, 1.54) is 78.0 Å². The van der Waals surface area contributed by atoms with E-state index in [1.54, 1.807) is 24.3 Å². The Bertz CT molecular complexity index is 2900. The van der Waals surface area contributed by atoms with Crippen LogP contribution in [-0.2, 0) is 22.6 Å². The molecule has 10 bridgehead atoms. The third-order valence-electron chi connectivity index (χ3n) is 22.0. The lowest BCUT2D eigenvalue weighted by Crippen LogP contribution is -2.81. The molecule has 15 rings (SSSR count). The highest BCUT2D eigenvalue weighted by atomic mass is 33.1. The zero-order valence-corrected chi connectivity index (χ0v) is 43.4. The summed E-state index contributed by atoms with van der Waals surface area (Å²) in [5.41, 5.74) is -1.83. The van der Waals surface area contributed by atoms with Crippen molar-refractivity contribution in [2.24, 2.45) is 62.6 Å². The summed E-state index contributed by atoms with van der Waals surface area (Å²) in [5, 5.41) is 81.3. The molecule has 5 spiro atoms. The van der Waals surface area contributed by atoms with E-state index in [-0.39, 0.29) is 75.9 Å². The van der Waals surface area contributed by atoms with Gasteiger partial charge in [0.05, 0.1) is 36.4 Å². The summed E-state index contributed by atoms with van der Waals surface area (Å²) >= 11 is 0. The van der Waals surface area contributed by atoms with E-state index in [0.717, 1.165) is 54.6 Å². The van der Waals surface area contributed by atoms with Gasteiger partial charge in [0.15, 0.2) is 11.6 Å². The maximum Gasteiger partial charge on any atom is 0.229 e. The van der Waals surface area contributed by atoms with Crippen LogP contribution in [0, 0.1) is 62.6 Å². The molecule has 10 aliphatic carbocycles. The van der Waals surface area contributed by atoms with E-state index >= 15 is 9.59 Å². The van der Waals surface area contributed by atoms with Gasteiger partial charge in [-0.1, -0.05) is 76.9 Å². The summed E-state index contributed by atoms with van der Waals surface area (Å²) in [6, 6.07) is 12.2. The van der Waals surface area contributed by atoms with Crippen molar-refractivity contribution < 1.29 is 54.5 Å². The van der Waals surface area contributed by atoms with Crippen LogP contribution in [0.3, 0.4) is 0 Å². The number of aldehydes is 1. The second kappa shape index (κ2) is 16.8. The highest BCUT2D eigenvalue weighted by Crippen LogP contribution is 2.80.